The molecule has 2 amide bonds. The highest BCUT2D eigenvalue weighted by Gasteiger charge is 2.39. The Kier molecular flexibility index (Phi) is 3.85. The summed E-state index contributed by atoms with van der Waals surface area (Å²) in [4.78, 5) is 25.5. The first-order valence-corrected chi connectivity index (χ1v) is 6.67. The number of furan rings is 1. The van der Waals surface area contributed by atoms with Gasteiger partial charge in [-0.1, -0.05) is 0 Å². The zero-order valence-electron chi connectivity index (χ0n) is 10.9. The van der Waals surface area contributed by atoms with Crippen LogP contribution in [0.2, 0.25) is 5.22 Å². The maximum absolute atomic E-state index is 12.4. The Hall–Kier alpha value is -1.49. The third kappa shape index (κ3) is 2.61. The van der Waals surface area contributed by atoms with E-state index in [1.807, 2.05) is 13.8 Å². The van der Waals surface area contributed by atoms with Gasteiger partial charge in [0.15, 0.2) is 11.0 Å². The lowest BCUT2D eigenvalue weighted by atomic mass is 9.86. The lowest BCUT2D eigenvalue weighted by Gasteiger charge is -2.42. The van der Waals surface area contributed by atoms with E-state index in [9.17, 15) is 9.59 Å². The van der Waals surface area contributed by atoms with E-state index in [2.05, 4.69) is 0 Å². The molecule has 104 valence electrons. The van der Waals surface area contributed by atoms with Crippen LogP contribution >= 0.6 is 11.6 Å². The first-order valence-electron chi connectivity index (χ1n) is 6.29. The summed E-state index contributed by atoms with van der Waals surface area (Å²) in [6, 6.07) is 2.87. The van der Waals surface area contributed by atoms with E-state index in [0.29, 0.717) is 6.42 Å². The molecule has 2 N–H and O–H groups in total. The molecule has 1 aromatic heterocycles. The van der Waals surface area contributed by atoms with E-state index in [0.717, 1.165) is 6.42 Å². The Morgan fingerprint density at radius 1 is 1.37 bits per heavy atom. The van der Waals surface area contributed by atoms with Gasteiger partial charge in [0, 0.05) is 12.1 Å². The average Bonchev–Trinajstić information content (AvgIpc) is 2.75. The zero-order chi connectivity index (χ0) is 14.2. The smallest absolute Gasteiger partial charge is 0.290 e. The van der Waals surface area contributed by atoms with Crippen LogP contribution in [0.1, 0.15) is 37.2 Å². The molecule has 1 aliphatic rings. The van der Waals surface area contributed by atoms with Crippen molar-refractivity contribution in [1.82, 2.24) is 4.90 Å². The number of rotatable bonds is 2. The number of amides is 2. The van der Waals surface area contributed by atoms with Crippen LogP contribution in [0.25, 0.3) is 0 Å². The van der Waals surface area contributed by atoms with Crippen LogP contribution in [-0.2, 0) is 4.79 Å². The quantitative estimate of drug-likeness (QED) is 0.903. The minimum absolute atomic E-state index is 0.0435. The molecule has 1 fully saturated rings. The molecule has 2 rings (SSSR count). The molecule has 1 aliphatic heterocycles. The van der Waals surface area contributed by atoms with Gasteiger partial charge in [0.25, 0.3) is 5.91 Å². The largest absolute Gasteiger partial charge is 0.440 e. The number of nitrogens with two attached hydrogens (primary N) is 1. The second-order valence-corrected chi connectivity index (χ2v) is 5.36. The molecule has 5 nitrogen and oxygen atoms in total. The van der Waals surface area contributed by atoms with Crippen LogP contribution in [0.3, 0.4) is 0 Å². The third-order valence-electron chi connectivity index (χ3n) is 3.78. The van der Waals surface area contributed by atoms with Crippen molar-refractivity contribution < 1.29 is 14.0 Å². The topological polar surface area (TPSA) is 76.5 Å². The van der Waals surface area contributed by atoms with Crippen LogP contribution in [0, 0.1) is 5.92 Å². The van der Waals surface area contributed by atoms with Gasteiger partial charge in [-0.2, -0.15) is 0 Å². The van der Waals surface area contributed by atoms with Crippen LogP contribution in [0.4, 0.5) is 0 Å². The van der Waals surface area contributed by atoms with Crippen LogP contribution in [0.15, 0.2) is 16.5 Å². The summed E-state index contributed by atoms with van der Waals surface area (Å²) in [7, 11) is 0. The Labute approximate surface area is 116 Å². The maximum Gasteiger partial charge on any atom is 0.290 e. The van der Waals surface area contributed by atoms with Crippen molar-refractivity contribution in [3.63, 3.8) is 0 Å². The first-order chi connectivity index (χ1) is 8.91. The molecule has 1 saturated heterocycles. The number of carbonyl (C=O) groups is 2. The summed E-state index contributed by atoms with van der Waals surface area (Å²) >= 11 is 5.68. The number of primary amides is 1. The number of carbonyl (C=O) groups excluding carboxylic acids is 2. The summed E-state index contributed by atoms with van der Waals surface area (Å²) in [6.07, 6.45) is 1.46. The summed E-state index contributed by atoms with van der Waals surface area (Å²) in [5, 5.41) is 0.173. The molecule has 0 radical (unpaired) electrons. The molecule has 0 bridgehead atoms. The minimum Gasteiger partial charge on any atom is -0.440 e. The summed E-state index contributed by atoms with van der Waals surface area (Å²) in [5.74, 6) is -0.744. The molecule has 3 atom stereocenters. The maximum atomic E-state index is 12.4. The highest BCUT2D eigenvalue weighted by atomic mass is 35.5. The normalized spacial score (nSPS) is 27.3. The van der Waals surface area contributed by atoms with Crippen molar-refractivity contribution >= 4 is 23.4 Å². The second-order valence-electron chi connectivity index (χ2n) is 4.99. The number of hydrogen-bond donors (Lipinski definition) is 1. The fourth-order valence-corrected chi connectivity index (χ4v) is 2.86. The fourth-order valence-electron chi connectivity index (χ4n) is 2.72. The number of nitrogens with zero attached hydrogens (tertiary/aromatic N) is 1. The average molecular weight is 285 g/mol. The number of halogens is 1. The number of likely N-dealkylation sites (tertiary alicyclic amines) is 1. The summed E-state index contributed by atoms with van der Waals surface area (Å²) in [5.41, 5.74) is 5.39. The first kappa shape index (κ1) is 13.9. The Bertz CT molecular complexity index is 500. The van der Waals surface area contributed by atoms with Crippen LogP contribution in [0.5, 0.6) is 0 Å². The van der Waals surface area contributed by atoms with E-state index in [4.69, 9.17) is 21.8 Å². The SMILES string of the molecule is CC1CCC(C(N)=O)C(C)N1C(=O)c1ccc(Cl)o1. The van der Waals surface area contributed by atoms with Gasteiger partial charge < -0.3 is 15.1 Å². The van der Waals surface area contributed by atoms with Gasteiger partial charge in [0.05, 0.1) is 5.92 Å². The van der Waals surface area contributed by atoms with E-state index >= 15 is 0 Å². The van der Waals surface area contributed by atoms with Crippen molar-refractivity contribution in [1.29, 1.82) is 0 Å². The van der Waals surface area contributed by atoms with Crippen LogP contribution < -0.4 is 5.73 Å². The number of piperidine rings is 1. The Morgan fingerprint density at radius 2 is 2.05 bits per heavy atom. The van der Waals surface area contributed by atoms with Crippen molar-refractivity contribution in [2.24, 2.45) is 11.7 Å². The van der Waals surface area contributed by atoms with E-state index < -0.39 is 0 Å². The van der Waals surface area contributed by atoms with Gasteiger partial charge in [-0.3, -0.25) is 9.59 Å². The molecular weight excluding hydrogens is 268 g/mol. The molecule has 2 heterocycles. The molecule has 3 unspecified atom stereocenters. The molecule has 6 heteroatoms. The van der Waals surface area contributed by atoms with Gasteiger partial charge in [0.2, 0.25) is 5.91 Å². The number of hydrogen-bond acceptors (Lipinski definition) is 3. The highest BCUT2D eigenvalue weighted by Crippen LogP contribution is 2.30. The molecule has 0 aliphatic carbocycles. The van der Waals surface area contributed by atoms with Crippen molar-refractivity contribution in [2.75, 3.05) is 0 Å². The minimum atomic E-state index is -0.366. The van der Waals surface area contributed by atoms with Gasteiger partial charge in [-0.05, 0) is 50.4 Å². The van der Waals surface area contributed by atoms with Gasteiger partial charge in [-0.15, -0.1) is 0 Å². The summed E-state index contributed by atoms with van der Waals surface area (Å²) in [6.45, 7) is 3.80. The monoisotopic (exact) mass is 284 g/mol. The van der Waals surface area contributed by atoms with Gasteiger partial charge in [-0.25, -0.2) is 0 Å². The predicted molar refractivity (Wildman–Crippen MR) is 70.7 cm³/mol. The standard InChI is InChI=1S/C13H17ClN2O3/c1-7-3-4-9(12(15)17)8(2)16(7)13(18)10-5-6-11(14)19-10/h5-9H,3-4H2,1-2H3,(H2,15,17). The van der Waals surface area contributed by atoms with E-state index in [-0.39, 0.29) is 40.8 Å². The second kappa shape index (κ2) is 5.25. The highest BCUT2D eigenvalue weighted by molar-refractivity contribution is 6.29. The predicted octanol–water partition coefficient (Wildman–Crippen LogP) is 2.05. The lowest BCUT2D eigenvalue weighted by Crippen LogP contribution is -2.54. The van der Waals surface area contributed by atoms with Gasteiger partial charge >= 0.3 is 0 Å². The van der Waals surface area contributed by atoms with E-state index in [1.165, 1.54) is 12.1 Å². The van der Waals surface area contributed by atoms with Crippen molar-refractivity contribution in [3.05, 3.63) is 23.1 Å². The molecule has 0 aromatic carbocycles. The molecule has 0 saturated carbocycles. The summed E-state index contributed by atoms with van der Waals surface area (Å²) < 4.78 is 5.15. The molecular formula is C13H17ClN2O3. The molecule has 1 aromatic rings. The fraction of sp³-hybridized carbons (Fsp3) is 0.538. The molecule has 0 spiro atoms. The van der Waals surface area contributed by atoms with Crippen molar-refractivity contribution in [3.8, 4) is 0 Å². The Morgan fingerprint density at radius 3 is 2.58 bits per heavy atom. The van der Waals surface area contributed by atoms with Crippen LogP contribution in [-0.4, -0.2) is 28.8 Å². The lowest BCUT2D eigenvalue weighted by molar-refractivity contribution is -0.125. The van der Waals surface area contributed by atoms with Crippen molar-refractivity contribution in [2.45, 2.75) is 38.8 Å². The third-order valence-corrected chi connectivity index (χ3v) is 3.98. The zero-order valence-corrected chi connectivity index (χ0v) is 11.7. The molecule has 19 heavy (non-hydrogen) atoms. The Balaban J connectivity index is 2.25. The van der Waals surface area contributed by atoms with E-state index in [1.54, 1.807) is 4.90 Å². The van der Waals surface area contributed by atoms with Gasteiger partial charge in [0.1, 0.15) is 0 Å².